The molecule has 2 heterocycles. The lowest BCUT2D eigenvalue weighted by Gasteiger charge is -2.40. The Morgan fingerprint density at radius 1 is 0.614 bits per heavy atom. The maximum Gasteiger partial charge on any atom is 0.511 e. The molecular formula is C56H69Cl2F6N3O15S. The van der Waals surface area contributed by atoms with Gasteiger partial charge in [-0.25, -0.2) is 18.1 Å². The molecule has 0 radical (unpaired) electrons. The first kappa shape index (κ1) is 68.8. The normalized spacial score (nSPS) is 13.6. The van der Waals surface area contributed by atoms with E-state index in [-0.39, 0.29) is 43.8 Å². The van der Waals surface area contributed by atoms with Crippen molar-refractivity contribution in [1.29, 1.82) is 0 Å². The molecule has 27 heteroatoms. The number of unbranched alkanes of at least 4 members (excludes halogenated alkanes) is 17. The van der Waals surface area contributed by atoms with E-state index >= 15 is 0 Å². The molecule has 5 aromatic rings. The molecule has 0 unspecified atom stereocenters. The number of halogens is 8. The number of anilines is 2. The molecule has 0 amide bonds. The number of carboxylic acid groups (broad SMARTS) is 1. The molecule has 1 saturated heterocycles. The summed E-state index contributed by atoms with van der Waals surface area (Å²) in [6, 6.07) is 28.6. The Balaban J connectivity index is 0.00000169. The van der Waals surface area contributed by atoms with E-state index in [0.29, 0.717) is 43.3 Å². The lowest BCUT2D eigenvalue weighted by Crippen LogP contribution is -2.49. The smallest absolute Gasteiger partial charge is 0.475 e. The summed E-state index contributed by atoms with van der Waals surface area (Å²) < 4.78 is 97.8. The van der Waals surface area contributed by atoms with Crippen LogP contribution in [0.25, 0.3) is 10.9 Å². The lowest BCUT2D eigenvalue weighted by molar-refractivity contribution is -0.841. The van der Waals surface area contributed by atoms with Crippen LogP contribution in [-0.2, 0) is 60.0 Å². The van der Waals surface area contributed by atoms with Gasteiger partial charge < -0.3 is 20.0 Å². The van der Waals surface area contributed by atoms with E-state index in [0.717, 1.165) is 43.2 Å². The number of aliphatic carboxylic acids is 1. The number of fused-ring (bicyclic) bond motifs is 1. The van der Waals surface area contributed by atoms with Crippen LogP contribution in [0.5, 0.6) is 5.75 Å². The van der Waals surface area contributed by atoms with Gasteiger partial charge in [-0.1, -0.05) is 168 Å². The molecule has 0 saturated carbocycles. The second-order valence-electron chi connectivity index (χ2n) is 19.4. The first-order chi connectivity index (χ1) is 39.9. The van der Waals surface area contributed by atoms with Crippen LogP contribution >= 0.6 is 23.2 Å². The van der Waals surface area contributed by atoms with E-state index in [1.807, 2.05) is 65.6 Å². The second-order valence-corrected chi connectivity index (χ2v) is 22.2. The third kappa shape index (κ3) is 23.8. The number of hydrogen-bond acceptors (Lipinski definition) is 16. The number of nitrogens with zero attached hydrogens (tertiary/aromatic N) is 3. The van der Waals surface area contributed by atoms with Gasteiger partial charge in [0.1, 0.15) is 5.52 Å². The number of hydrogen-bond donors (Lipinski definition) is 2. The van der Waals surface area contributed by atoms with Gasteiger partial charge in [0.2, 0.25) is 0 Å². The summed E-state index contributed by atoms with van der Waals surface area (Å²) >= 11 is 12.7. The van der Waals surface area contributed by atoms with Crippen molar-refractivity contribution >= 4 is 61.5 Å². The second kappa shape index (κ2) is 36.8. The highest BCUT2D eigenvalue weighted by Crippen LogP contribution is 2.43. The Labute approximate surface area is 487 Å². The molecule has 83 heavy (non-hydrogen) atoms. The molecule has 1 aliphatic heterocycles. The zero-order valence-electron chi connectivity index (χ0n) is 45.4. The van der Waals surface area contributed by atoms with Crippen LogP contribution in [0.1, 0.15) is 151 Å². The molecule has 460 valence electrons. The molecule has 0 aliphatic carbocycles. The Bertz CT molecular complexity index is 2690. The third-order valence-corrected chi connectivity index (χ3v) is 15.6. The van der Waals surface area contributed by atoms with E-state index in [1.165, 1.54) is 89.7 Å². The molecule has 0 bridgehead atoms. The SMILES string of the molecule is O=C(O)C(F)(F)F.O=S(=O)(N1CCC(N(c2ccccc2)c2ccnc3c(OOOOOOOOOOCCCCCCCCCCCCCCCCCCCCO)cc(C(c4ccc(Cl)cc4)c4ccc(Cl)cc4)cc23)CC1)C(F)(F)F. The average Bonchev–Trinajstić information content (AvgIpc) is 2.65. The van der Waals surface area contributed by atoms with E-state index in [1.54, 1.807) is 36.4 Å². The lowest BCUT2D eigenvalue weighted by atomic mass is 9.84. The van der Waals surface area contributed by atoms with Crippen molar-refractivity contribution < 1.29 is 99.8 Å². The van der Waals surface area contributed by atoms with Crippen LogP contribution in [0.2, 0.25) is 10.0 Å². The summed E-state index contributed by atoms with van der Waals surface area (Å²) in [6.45, 7) is -0.154. The van der Waals surface area contributed by atoms with E-state index < -0.39 is 39.6 Å². The van der Waals surface area contributed by atoms with E-state index in [9.17, 15) is 34.8 Å². The van der Waals surface area contributed by atoms with Gasteiger partial charge in [-0.3, -0.25) is 4.98 Å². The molecule has 1 aliphatic rings. The summed E-state index contributed by atoms with van der Waals surface area (Å²) in [5, 5.41) is 52.8. The number of para-hydroxylation sites is 1. The Morgan fingerprint density at radius 3 is 1.52 bits per heavy atom. The van der Waals surface area contributed by atoms with Crippen LogP contribution in [0.15, 0.2) is 103 Å². The van der Waals surface area contributed by atoms with Crippen LogP contribution in [-0.4, -0.2) is 77.9 Å². The van der Waals surface area contributed by atoms with Gasteiger partial charge >= 0.3 is 27.7 Å². The summed E-state index contributed by atoms with van der Waals surface area (Å²) in [6.07, 6.45) is 18.2. The highest BCUT2D eigenvalue weighted by Gasteiger charge is 2.51. The molecule has 18 nitrogen and oxygen atoms in total. The zero-order valence-corrected chi connectivity index (χ0v) is 47.7. The van der Waals surface area contributed by atoms with Gasteiger partial charge in [0.25, 0.3) is 0 Å². The first-order valence-electron chi connectivity index (χ1n) is 27.3. The van der Waals surface area contributed by atoms with Gasteiger partial charge in [-0.05, 0) is 117 Å². The number of aliphatic hydroxyl groups excluding tert-OH is 1. The topological polar surface area (TPSA) is 203 Å². The Kier molecular flexibility index (Phi) is 30.5. The van der Waals surface area contributed by atoms with Gasteiger partial charge in [-0.2, -0.15) is 30.6 Å². The number of benzene rings is 4. The highest BCUT2D eigenvalue weighted by molar-refractivity contribution is 7.90. The molecule has 6 rings (SSSR count). The minimum atomic E-state index is -5.53. The largest absolute Gasteiger partial charge is 0.511 e. The highest BCUT2D eigenvalue weighted by atomic mass is 35.5. The maximum absolute atomic E-state index is 13.6. The van der Waals surface area contributed by atoms with E-state index in [4.69, 9.17) is 53.0 Å². The number of pyridine rings is 1. The van der Waals surface area contributed by atoms with Crippen molar-refractivity contribution in [2.24, 2.45) is 0 Å². The molecule has 0 atom stereocenters. The predicted octanol–water partition coefficient (Wildman–Crippen LogP) is 15.6. The van der Waals surface area contributed by atoms with Crippen molar-refractivity contribution in [3.05, 3.63) is 130 Å². The summed E-state index contributed by atoms with van der Waals surface area (Å²) in [5.74, 6) is -3.21. The van der Waals surface area contributed by atoms with Gasteiger partial charge in [0, 0.05) is 79.1 Å². The maximum atomic E-state index is 13.6. The molecule has 1 fully saturated rings. The van der Waals surface area contributed by atoms with Crippen molar-refractivity contribution in [1.82, 2.24) is 9.29 Å². The number of rotatable bonds is 37. The first-order valence-corrected chi connectivity index (χ1v) is 29.5. The average molecular weight is 1240 g/mol. The molecule has 4 aromatic carbocycles. The fourth-order valence-corrected chi connectivity index (χ4v) is 10.7. The van der Waals surface area contributed by atoms with Crippen LogP contribution in [0.3, 0.4) is 0 Å². The van der Waals surface area contributed by atoms with Crippen LogP contribution in [0.4, 0.5) is 37.7 Å². The van der Waals surface area contributed by atoms with Crippen LogP contribution in [0, 0.1) is 0 Å². The van der Waals surface area contributed by atoms with Gasteiger partial charge in [0.15, 0.2) is 5.75 Å². The summed E-state index contributed by atoms with van der Waals surface area (Å²) in [7, 11) is -5.53. The Morgan fingerprint density at radius 2 is 1.06 bits per heavy atom. The van der Waals surface area contributed by atoms with Gasteiger partial charge in [-0.15, -0.1) is 0 Å². The summed E-state index contributed by atoms with van der Waals surface area (Å²) in [5.41, 5.74) is -1.58. The van der Waals surface area contributed by atoms with Crippen molar-refractivity contribution in [3.63, 3.8) is 0 Å². The summed E-state index contributed by atoms with van der Waals surface area (Å²) in [4.78, 5) is 26.0. The van der Waals surface area contributed by atoms with Crippen LogP contribution < -0.4 is 9.79 Å². The number of sulfonamides is 1. The monoisotopic (exact) mass is 1240 g/mol. The van der Waals surface area contributed by atoms with Crippen molar-refractivity contribution in [2.45, 2.75) is 152 Å². The fraction of sp³-hybridized carbons (Fsp3) is 0.500. The number of alkyl halides is 6. The minimum Gasteiger partial charge on any atom is -0.475 e. The predicted molar refractivity (Wildman–Crippen MR) is 293 cm³/mol. The van der Waals surface area contributed by atoms with Crippen molar-refractivity contribution in [3.8, 4) is 5.75 Å². The van der Waals surface area contributed by atoms with Gasteiger partial charge in [0.05, 0.1) is 12.3 Å². The Hall–Kier alpha value is -4.97. The molecule has 0 spiro atoms. The number of aromatic nitrogens is 1. The number of aliphatic hydroxyl groups is 1. The van der Waals surface area contributed by atoms with E-state index in [2.05, 4.69) is 40.3 Å². The molecular weight excluding hydrogens is 1170 g/mol. The number of piperidine rings is 1. The molecule has 2 N–H and O–H groups in total. The number of carbonyl (C=O) groups is 1. The quantitative estimate of drug-likeness (QED) is 0.0125. The zero-order chi connectivity index (χ0) is 59.9. The fourth-order valence-electron chi connectivity index (χ4n) is 9.45. The molecule has 1 aromatic heterocycles. The standard InChI is InChI=1S/C54H68Cl2F3N3O13S.C2HF3O2/c55-45-28-24-42(25-29-45)52(43-26-30-46(56)31-27-43)44-40-49-50(62(47-22-18-17-19-23-47)48-33-36-61(37-34-48)76(64,65)54(57,58)59)32-35-60-53(49)51(41-44)67-69-71-73-75-74-72-70-68-66-39-21-16-14-12-10-8-6-4-2-1-3-5-7-9-11-13-15-20-38-63;3-2(4,5)1(6)7/h17-19,22-32,35,40-41,48,52,63H,1-16,20-21,33-34,36-39H2;(H,6,7). The minimum absolute atomic E-state index is 0.0248. The third-order valence-electron chi connectivity index (χ3n) is 13.5. The van der Waals surface area contributed by atoms with Crippen molar-refractivity contribution in [2.75, 3.05) is 31.2 Å². The number of carboxylic acids is 1.